The van der Waals surface area contributed by atoms with Crippen molar-refractivity contribution in [3.63, 3.8) is 0 Å². The normalized spacial score (nSPS) is 25.4. The fraction of sp³-hybridized carbons (Fsp3) is 0.833. The topological polar surface area (TPSA) is 65.0 Å². The van der Waals surface area contributed by atoms with Crippen LogP contribution >= 0.6 is 0 Å². The molecule has 0 N–H and O–H groups in total. The Hall–Kier alpha value is -0.780. The Morgan fingerprint density at radius 3 is 2.58 bits per heavy atom. The lowest BCUT2D eigenvalue weighted by atomic mass is 10.2. The van der Waals surface area contributed by atoms with Gasteiger partial charge in [-0.15, -0.1) is 0 Å². The molecule has 1 rings (SSSR count). The van der Waals surface area contributed by atoms with Crippen molar-refractivity contribution in [1.29, 1.82) is 0 Å². The van der Waals surface area contributed by atoms with Gasteiger partial charge < -0.3 is 9.47 Å². The van der Waals surface area contributed by atoms with Crippen molar-refractivity contribution in [2.45, 2.75) is 19.4 Å². The van der Waals surface area contributed by atoms with Gasteiger partial charge in [-0.05, 0) is 13.8 Å². The first-order valence-electron chi connectivity index (χ1n) is 3.40. The van der Waals surface area contributed by atoms with Crippen LogP contribution in [0.4, 0.5) is 0 Å². The standard InChI is InChI=1S/C6H11NO4S/c1-6(2)4-12(8,9)7-5(10-3)11-6/h4H2,1-3H3. The highest BCUT2D eigenvalue weighted by atomic mass is 32.2. The van der Waals surface area contributed by atoms with Crippen LogP contribution < -0.4 is 0 Å². The molecule has 6 heteroatoms. The fourth-order valence-corrected chi connectivity index (χ4v) is 2.29. The number of hydrogen-bond donors (Lipinski definition) is 0. The lowest BCUT2D eigenvalue weighted by molar-refractivity contribution is 0.0683. The van der Waals surface area contributed by atoms with E-state index in [1.165, 1.54) is 7.11 Å². The second kappa shape index (κ2) is 2.62. The van der Waals surface area contributed by atoms with E-state index in [4.69, 9.17) is 4.74 Å². The van der Waals surface area contributed by atoms with Gasteiger partial charge in [0.25, 0.3) is 10.0 Å². The Balaban J connectivity index is 3.03. The van der Waals surface area contributed by atoms with Crippen LogP contribution in [-0.4, -0.2) is 33.0 Å². The SMILES string of the molecule is COC1=NS(=O)(=O)CC(C)(C)O1. The molecule has 12 heavy (non-hydrogen) atoms. The largest absolute Gasteiger partial charge is 0.453 e. The minimum atomic E-state index is -3.41. The molecule has 0 saturated carbocycles. The predicted molar refractivity (Wildman–Crippen MR) is 43.4 cm³/mol. The quantitative estimate of drug-likeness (QED) is 0.548. The molecule has 0 unspecified atom stereocenters. The van der Waals surface area contributed by atoms with Crippen LogP contribution in [0.25, 0.3) is 0 Å². The van der Waals surface area contributed by atoms with Gasteiger partial charge in [0.2, 0.25) is 0 Å². The lowest BCUT2D eigenvalue weighted by Crippen LogP contribution is -2.40. The summed E-state index contributed by atoms with van der Waals surface area (Å²) >= 11 is 0. The van der Waals surface area contributed by atoms with Crippen LogP contribution in [0, 0.1) is 0 Å². The van der Waals surface area contributed by atoms with E-state index < -0.39 is 15.6 Å². The molecule has 0 aromatic rings. The van der Waals surface area contributed by atoms with Crippen molar-refractivity contribution in [1.82, 2.24) is 0 Å². The Bertz CT molecular complexity index is 304. The molecule has 0 spiro atoms. The first-order chi connectivity index (χ1) is 5.35. The molecule has 0 aliphatic carbocycles. The van der Waals surface area contributed by atoms with Crippen LogP contribution in [0.2, 0.25) is 0 Å². The van der Waals surface area contributed by atoms with Crippen molar-refractivity contribution >= 4 is 16.1 Å². The fourth-order valence-electron chi connectivity index (χ4n) is 0.948. The molecule has 1 heterocycles. The average molecular weight is 193 g/mol. The third kappa shape index (κ3) is 2.10. The summed E-state index contributed by atoms with van der Waals surface area (Å²) in [5.74, 6) is -0.118. The first kappa shape index (κ1) is 9.31. The number of methoxy groups -OCH3 is 1. The molecule has 0 saturated heterocycles. The smallest absolute Gasteiger partial charge is 0.399 e. The van der Waals surface area contributed by atoms with Gasteiger partial charge in [0, 0.05) is 0 Å². The maximum atomic E-state index is 11.1. The van der Waals surface area contributed by atoms with E-state index in [0.29, 0.717) is 0 Å². The Morgan fingerprint density at radius 1 is 1.58 bits per heavy atom. The Kier molecular flexibility index (Phi) is 2.03. The van der Waals surface area contributed by atoms with Crippen LogP contribution in [0.1, 0.15) is 13.8 Å². The predicted octanol–water partition coefficient (Wildman–Crippen LogP) is 0.127. The summed E-state index contributed by atoms with van der Waals surface area (Å²) in [5, 5.41) is 0. The zero-order valence-corrected chi connectivity index (χ0v) is 8.01. The van der Waals surface area contributed by atoms with Crippen LogP contribution in [0.15, 0.2) is 4.40 Å². The highest BCUT2D eigenvalue weighted by Crippen LogP contribution is 2.19. The average Bonchev–Trinajstić information content (AvgIpc) is 1.80. The highest BCUT2D eigenvalue weighted by Gasteiger charge is 2.35. The summed E-state index contributed by atoms with van der Waals surface area (Å²) in [4.78, 5) is 0. The first-order valence-corrected chi connectivity index (χ1v) is 5.01. The Morgan fingerprint density at radius 2 is 2.17 bits per heavy atom. The minimum Gasteiger partial charge on any atom is -0.453 e. The van der Waals surface area contributed by atoms with Gasteiger partial charge >= 0.3 is 6.08 Å². The summed E-state index contributed by atoms with van der Waals surface area (Å²) < 4.78 is 35.2. The molecule has 0 bridgehead atoms. The van der Waals surface area contributed by atoms with Gasteiger partial charge in [-0.25, -0.2) is 8.42 Å². The molecular weight excluding hydrogens is 182 g/mol. The molecule has 1 aliphatic rings. The van der Waals surface area contributed by atoms with E-state index in [9.17, 15) is 8.42 Å². The van der Waals surface area contributed by atoms with E-state index in [-0.39, 0.29) is 11.8 Å². The van der Waals surface area contributed by atoms with Gasteiger partial charge in [-0.3, -0.25) is 0 Å². The summed E-state index contributed by atoms with van der Waals surface area (Å²) in [6.07, 6.45) is -0.189. The van der Waals surface area contributed by atoms with Gasteiger partial charge in [-0.1, -0.05) is 4.40 Å². The summed E-state index contributed by atoms with van der Waals surface area (Å²) in [6, 6.07) is 0. The van der Waals surface area contributed by atoms with Crippen LogP contribution in [-0.2, 0) is 19.5 Å². The Labute approximate surface area is 71.4 Å². The lowest BCUT2D eigenvalue weighted by Gasteiger charge is -2.27. The second-order valence-corrected chi connectivity index (χ2v) is 4.78. The zero-order valence-electron chi connectivity index (χ0n) is 7.20. The zero-order chi connectivity index (χ0) is 9.41. The van der Waals surface area contributed by atoms with Crippen LogP contribution in [0.5, 0.6) is 0 Å². The number of nitrogens with zero attached hydrogens (tertiary/aromatic N) is 1. The van der Waals surface area contributed by atoms with Crippen molar-refractivity contribution in [2.75, 3.05) is 12.9 Å². The van der Waals surface area contributed by atoms with E-state index in [1.807, 2.05) is 0 Å². The third-order valence-corrected chi connectivity index (χ3v) is 2.77. The maximum Gasteiger partial charge on any atom is 0.399 e. The molecular formula is C6H11NO4S. The van der Waals surface area contributed by atoms with Gasteiger partial charge in [0.15, 0.2) is 0 Å². The van der Waals surface area contributed by atoms with Crippen molar-refractivity contribution in [3.05, 3.63) is 0 Å². The molecule has 0 amide bonds. The van der Waals surface area contributed by atoms with E-state index in [1.54, 1.807) is 13.8 Å². The number of hydrogen-bond acceptors (Lipinski definition) is 4. The minimum absolute atomic E-state index is 0.118. The van der Waals surface area contributed by atoms with Gasteiger partial charge in [-0.2, -0.15) is 0 Å². The van der Waals surface area contributed by atoms with Gasteiger partial charge in [0.1, 0.15) is 11.4 Å². The monoisotopic (exact) mass is 193 g/mol. The molecule has 1 aliphatic heterocycles. The summed E-state index contributed by atoms with van der Waals surface area (Å²) in [5.41, 5.74) is -0.758. The van der Waals surface area contributed by atoms with Gasteiger partial charge in [0.05, 0.1) is 7.11 Å². The number of rotatable bonds is 0. The molecule has 0 radical (unpaired) electrons. The van der Waals surface area contributed by atoms with Crippen molar-refractivity contribution < 1.29 is 17.9 Å². The number of ether oxygens (including phenoxy) is 2. The molecule has 70 valence electrons. The molecule has 5 nitrogen and oxygen atoms in total. The highest BCUT2D eigenvalue weighted by molar-refractivity contribution is 7.90. The molecule has 0 aromatic heterocycles. The van der Waals surface area contributed by atoms with Crippen molar-refractivity contribution in [3.8, 4) is 0 Å². The number of sulfonamides is 1. The van der Waals surface area contributed by atoms with E-state index in [0.717, 1.165) is 0 Å². The summed E-state index contributed by atoms with van der Waals surface area (Å²) in [6.45, 7) is 3.33. The molecule has 0 fully saturated rings. The molecule has 0 aromatic carbocycles. The van der Waals surface area contributed by atoms with E-state index >= 15 is 0 Å². The maximum absolute atomic E-state index is 11.1. The van der Waals surface area contributed by atoms with Crippen LogP contribution in [0.3, 0.4) is 0 Å². The second-order valence-electron chi connectivity index (χ2n) is 3.15. The molecule has 0 atom stereocenters. The van der Waals surface area contributed by atoms with Crippen molar-refractivity contribution in [2.24, 2.45) is 4.40 Å². The third-order valence-electron chi connectivity index (χ3n) is 1.28. The van der Waals surface area contributed by atoms with E-state index in [2.05, 4.69) is 9.13 Å². The summed E-state index contributed by atoms with van der Waals surface area (Å²) in [7, 11) is -2.10.